The number of aliphatic hydroxyl groups excluding tert-OH is 1. The molecule has 0 aliphatic carbocycles. The van der Waals surface area contributed by atoms with Crippen LogP contribution in [0, 0.1) is 0 Å². The zero-order valence-electron chi connectivity index (χ0n) is 16.8. The monoisotopic (exact) mass is 396 g/mol. The van der Waals surface area contributed by atoms with Gasteiger partial charge in [-0.2, -0.15) is 0 Å². The number of carbonyl (C=O) groups excluding carboxylic acids is 1. The molecule has 1 N–H and O–H groups in total. The van der Waals surface area contributed by atoms with E-state index in [1.54, 1.807) is 12.0 Å². The van der Waals surface area contributed by atoms with Crippen molar-refractivity contribution < 1.29 is 19.4 Å². The number of hydrogen-bond donors (Lipinski definition) is 1. The molecule has 29 heavy (non-hydrogen) atoms. The SMILES string of the molecule is COc1ccc(OCCN2CCC3(CC2)CN(C(=O)CO)c2ccccc23)cc1. The number of nitrogens with zero attached hydrogens (tertiary/aromatic N) is 2. The highest BCUT2D eigenvalue weighted by molar-refractivity contribution is 5.97. The Bertz CT molecular complexity index is 844. The normalized spacial score (nSPS) is 17.9. The van der Waals surface area contributed by atoms with Crippen LogP contribution in [-0.2, 0) is 10.2 Å². The van der Waals surface area contributed by atoms with Gasteiger partial charge in [-0.25, -0.2) is 0 Å². The third kappa shape index (κ3) is 3.95. The van der Waals surface area contributed by atoms with Gasteiger partial charge in [0.1, 0.15) is 24.7 Å². The number of aliphatic hydroxyl groups is 1. The van der Waals surface area contributed by atoms with E-state index >= 15 is 0 Å². The van der Waals surface area contributed by atoms with E-state index in [2.05, 4.69) is 11.0 Å². The van der Waals surface area contributed by atoms with Crippen molar-refractivity contribution in [2.75, 3.05) is 51.4 Å². The molecule has 1 spiro atoms. The summed E-state index contributed by atoms with van der Waals surface area (Å²) in [4.78, 5) is 16.4. The average Bonchev–Trinajstić information content (AvgIpc) is 3.09. The predicted molar refractivity (Wildman–Crippen MR) is 112 cm³/mol. The smallest absolute Gasteiger partial charge is 0.252 e. The summed E-state index contributed by atoms with van der Waals surface area (Å²) < 4.78 is 11.0. The van der Waals surface area contributed by atoms with Gasteiger partial charge in [-0.05, 0) is 61.8 Å². The summed E-state index contributed by atoms with van der Waals surface area (Å²) in [6, 6.07) is 15.8. The fraction of sp³-hybridized carbons (Fsp3) is 0.435. The highest BCUT2D eigenvalue weighted by Gasteiger charge is 2.45. The van der Waals surface area contributed by atoms with Crippen LogP contribution in [0.25, 0.3) is 0 Å². The third-order valence-electron chi connectivity index (χ3n) is 6.21. The number of amides is 1. The van der Waals surface area contributed by atoms with Gasteiger partial charge in [-0.3, -0.25) is 9.69 Å². The zero-order chi connectivity index (χ0) is 20.3. The summed E-state index contributed by atoms with van der Waals surface area (Å²) in [6.45, 7) is 3.69. The highest BCUT2D eigenvalue weighted by Crippen LogP contribution is 2.46. The number of anilines is 1. The van der Waals surface area contributed by atoms with E-state index in [-0.39, 0.29) is 11.3 Å². The molecule has 1 saturated heterocycles. The number of piperidine rings is 1. The fourth-order valence-electron chi connectivity index (χ4n) is 4.54. The maximum atomic E-state index is 12.2. The standard InChI is InChI=1S/C23H28N2O4/c1-28-18-6-8-19(9-7-18)29-15-14-24-12-10-23(11-13-24)17-25(22(27)16-26)21-5-3-2-4-20(21)23/h2-9,26H,10-17H2,1H3. The zero-order valence-corrected chi connectivity index (χ0v) is 16.8. The van der Waals surface area contributed by atoms with Crippen molar-refractivity contribution >= 4 is 11.6 Å². The van der Waals surface area contributed by atoms with Crippen LogP contribution < -0.4 is 14.4 Å². The van der Waals surface area contributed by atoms with Crippen LogP contribution in [0.4, 0.5) is 5.69 Å². The first kappa shape index (κ1) is 19.7. The van der Waals surface area contributed by atoms with Crippen molar-refractivity contribution in [2.45, 2.75) is 18.3 Å². The van der Waals surface area contributed by atoms with Crippen LogP contribution in [0.15, 0.2) is 48.5 Å². The van der Waals surface area contributed by atoms with Crippen molar-refractivity contribution in [2.24, 2.45) is 0 Å². The second-order valence-electron chi connectivity index (χ2n) is 7.80. The summed E-state index contributed by atoms with van der Waals surface area (Å²) in [5.41, 5.74) is 2.20. The van der Waals surface area contributed by atoms with Gasteiger partial charge in [0.15, 0.2) is 0 Å². The second kappa shape index (κ2) is 8.43. The van der Waals surface area contributed by atoms with Gasteiger partial charge in [0.05, 0.1) is 7.11 Å². The van der Waals surface area contributed by atoms with E-state index < -0.39 is 6.61 Å². The molecule has 6 nitrogen and oxygen atoms in total. The molecule has 2 aliphatic rings. The van der Waals surface area contributed by atoms with Gasteiger partial charge in [-0.1, -0.05) is 18.2 Å². The largest absolute Gasteiger partial charge is 0.497 e. The predicted octanol–water partition coefficient (Wildman–Crippen LogP) is 2.45. The first-order valence-corrected chi connectivity index (χ1v) is 10.2. The van der Waals surface area contributed by atoms with Gasteiger partial charge in [0.25, 0.3) is 5.91 Å². The Balaban J connectivity index is 1.33. The lowest BCUT2D eigenvalue weighted by Crippen LogP contribution is -2.47. The van der Waals surface area contributed by atoms with E-state index in [1.807, 2.05) is 42.5 Å². The van der Waals surface area contributed by atoms with Crippen LogP contribution in [0.2, 0.25) is 0 Å². The summed E-state index contributed by atoms with van der Waals surface area (Å²) in [7, 11) is 1.65. The van der Waals surface area contributed by atoms with Gasteiger partial charge in [-0.15, -0.1) is 0 Å². The molecule has 2 aliphatic heterocycles. The number of fused-ring (bicyclic) bond motifs is 2. The van der Waals surface area contributed by atoms with Crippen molar-refractivity contribution in [3.05, 3.63) is 54.1 Å². The van der Waals surface area contributed by atoms with Gasteiger partial charge in [0.2, 0.25) is 0 Å². The quantitative estimate of drug-likeness (QED) is 0.813. The van der Waals surface area contributed by atoms with Crippen molar-refractivity contribution in [3.8, 4) is 11.5 Å². The number of benzene rings is 2. The highest BCUT2D eigenvalue weighted by atomic mass is 16.5. The summed E-state index contributed by atoms with van der Waals surface area (Å²) in [6.07, 6.45) is 2.00. The van der Waals surface area contributed by atoms with Gasteiger partial charge >= 0.3 is 0 Å². The lowest BCUT2D eigenvalue weighted by Gasteiger charge is -2.39. The molecule has 0 unspecified atom stereocenters. The summed E-state index contributed by atoms with van der Waals surface area (Å²) in [5.74, 6) is 1.45. The lowest BCUT2D eigenvalue weighted by atomic mass is 9.74. The number of likely N-dealkylation sites (tertiary alicyclic amines) is 1. The maximum absolute atomic E-state index is 12.2. The van der Waals surface area contributed by atoms with E-state index in [4.69, 9.17) is 9.47 Å². The van der Waals surface area contributed by atoms with Crippen LogP contribution in [-0.4, -0.2) is 62.4 Å². The minimum absolute atomic E-state index is 0.00519. The van der Waals surface area contributed by atoms with Crippen LogP contribution >= 0.6 is 0 Å². The Kier molecular flexibility index (Phi) is 5.74. The molecule has 0 saturated carbocycles. The molecule has 1 fully saturated rings. The molecule has 0 bridgehead atoms. The van der Waals surface area contributed by atoms with E-state index in [1.165, 1.54) is 5.56 Å². The number of hydrogen-bond acceptors (Lipinski definition) is 5. The number of carbonyl (C=O) groups is 1. The number of rotatable bonds is 6. The average molecular weight is 396 g/mol. The second-order valence-corrected chi connectivity index (χ2v) is 7.80. The number of para-hydroxylation sites is 1. The first-order valence-electron chi connectivity index (χ1n) is 10.2. The molecule has 0 atom stereocenters. The molecular formula is C23H28N2O4. The lowest BCUT2D eigenvalue weighted by molar-refractivity contribution is -0.121. The van der Waals surface area contributed by atoms with Gasteiger partial charge < -0.3 is 19.5 Å². The van der Waals surface area contributed by atoms with E-state index in [0.29, 0.717) is 13.2 Å². The molecule has 2 heterocycles. The molecule has 2 aromatic carbocycles. The van der Waals surface area contributed by atoms with Crippen LogP contribution in [0.5, 0.6) is 11.5 Å². The van der Waals surface area contributed by atoms with Gasteiger partial charge in [0, 0.05) is 24.2 Å². The Labute approximate surface area is 171 Å². The summed E-state index contributed by atoms with van der Waals surface area (Å²) >= 11 is 0. The summed E-state index contributed by atoms with van der Waals surface area (Å²) in [5, 5.41) is 9.35. The third-order valence-corrected chi connectivity index (χ3v) is 6.21. The molecule has 1 amide bonds. The van der Waals surface area contributed by atoms with Crippen molar-refractivity contribution in [3.63, 3.8) is 0 Å². The van der Waals surface area contributed by atoms with E-state index in [0.717, 1.165) is 49.7 Å². The van der Waals surface area contributed by atoms with E-state index in [9.17, 15) is 9.90 Å². The van der Waals surface area contributed by atoms with Crippen LogP contribution in [0.3, 0.4) is 0 Å². The minimum Gasteiger partial charge on any atom is -0.497 e. The molecule has 0 aromatic heterocycles. The Morgan fingerprint density at radius 3 is 2.45 bits per heavy atom. The Morgan fingerprint density at radius 2 is 1.76 bits per heavy atom. The minimum atomic E-state index is -0.445. The van der Waals surface area contributed by atoms with Crippen molar-refractivity contribution in [1.82, 2.24) is 4.90 Å². The molecule has 6 heteroatoms. The fourth-order valence-corrected chi connectivity index (χ4v) is 4.54. The first-order chi connectivity index (χ1) is 14.1. The number of methoxy groups -OCH3 is 1. The Hall–Kier alpha value is -2.57. The maximum Gasteiger partial charge on any atom is 0.252 e. The molecule has 0 radical (unpaired) electrons. The molecular weight excluding hydrogens is 368 g/mol. The van der Waals surface area contributed by atoms with Crippen molar-refractivity contribution in [1.29, 1.82) is 0 Å². The van der Waals surface area contributed by atoms with Crippen LogP contribution in [0.1, 0.15) is 18.4 Å². The number of ether oxygens (including phenoxy) is 2. The topological polar surface area (TPSA) is 62.2 Å². The molecule has 2 aromatic rings. The molecule has 4 rings (SSSR count). The molecule has 154 valence electrons. The Morgan fingerprint density at radius 1 is 1.07 bits per heavy atom.